The van der Waals surface area contributed by atoms with E-state index in [-0.39, 0.29) is 5.75 Å². The zero-order valence-electron chi connectivity index (χ0n) is 19.3. The predicted octanol–water partition coefficient (Wildman–Crippen LogP) is 3.74. The monoisotopic (exact) mass is 493 g/mol. The highest BCUT2D eigenvalue weighted by Crippen LogP contribution is 2.35. The number of carbonyl (C=O) groups is 1. The molecule has 1 amide bonds. The number of hydrogen-bond donors (Lipinski definition) is 3. The third-order valence-electron chi connectivity index (χ3n) is 5.11. The van der Waals surface area contributed by atoms with Crippen molar-refractivity contribution in [1.29, 1.82) is 0 Å². The van der Waals surface area contributed by atoms with Crippen LogP contribution in [0.2, 0.25) is 0 Å². The topological polar surface area (TPSA) is 104 Å². The highest BCUT2D eigenvalue weighted by molar-refractivity contribution is 5.96. The second-order valence-electron chi connectivity index (χ2n) is 7.68. The number of rotatable bonds is 8. The van der Waals surface area contributed by atoms with Crippen LogP contribution in [0, 0.1) is 4.91 Å². The van der Waals surface area contributed by atoms with E-state index in [1.54, 1.807) is 49.2 Å². The first-order valence-electron chi connectivity index (χ1n) is 10.7. The minimum absolute atomic E-state index is 0.0154. The van der Waals surface area contributed by atoms with Crippen LogP contribution in [0.5, 0.6) is 5.75 Å². The summed E-state index contributed by atoms with van der Waals surface area (Å²) < 4.78 is 49.1. The maximum atomic E-state index is 13.1. The van der Waals surface area contributed by atoms with Crippen molar-refractivity contribution in [2.75, 3.05) is 18.6 Å². The van der Waals surface area contributed by atoms with Crippen LogP contribution in [0.1, 0.15) is 20.3 Å². The zero-order valence-corrected chi connectivity index (χ0v) is 19.3. The Morgan fingerprint density at radius 2 is 2.03 bits per heavy atom. The van der Waals surface area contributed by atoms with Crippen molar-refractivity contribution in [3.05, 3.63) is 76.4 Å². The average Bonchev–Trinajstić information content (AvgIpc) is 2.83. The molecule has 3 N–H and O–H groups in total. The lowest BCUT2D eigenvalue weighted by molar-refractivity contribution is -0.153. The third-order valence-corrected chi connectivity index (χ3v) is 5.11. The first-order valence-corrected chi connectivity index (χ1v) is 10.7. The molecule has 0 bridgehead atoms. The molecule has 0 saturated heterocycles. The van der Waals surface area contributed by atoms with Gasteiger partial charge in [0, 0.05) is 30.8 Å². The van der Waals surface area contributed by atoms with E-state index in [4.69, 9.17) is 9.47 Å². The molecule has 0 radical (unpaired) electrons. The zero-order chi connectivity index (χ0) is 25.6. The molecule has 2 atom stereocenters. The number of ether oxygens (including phenoxy) is 2. The number of nitrogens with one attached hydrogen (secondary N) is 3. The molecule has 0 spiro atoms. The lowest BCUT2D eigenvalue weighted by Crippen LogP contribution is -2.45. The van der Waals surface area contributed by atoms with Crippen LogP contribution in [0.25, 0.3) is 0 Å². The van der Waals surface area contributed by atoms with Gasteiger partial charge in [-0.25, -0.2) is 0 Å². The van der Waals surface area contributed by atoms with Crippen molar-refractivity contribution in [1.82, 2.24) is 16.0 Å². The maximum absolute atomic E-state index is 13.1. The summed E-state index contributed by atoms with van der Waals surface area (Å²) in [4.78, 5) is 25.4. The number of amides is 1. The van der Waals surface area contributed by atoms with Gasteiger partial charge in [-0.1, -0.05) is 19.1 Å². The van der Waals surface area contributed by atoms with E-state index >= 15 is 0 Å². The van der Waals surface area contributed by atoms with Gasteiger partial charge in [0.2, 0.25) is 0 Å². The van der Waals surface area contributed by atoms with E-state index in [1.807, 2.05) is 0 Å². The number of para-hydroxylation sites is 2. The van der Waals surface area contributed by atoms with Crippen LogP contribution in [0.15, 0.2) is 76.7 Å². The van der Waals surface area contributed by atoms with Crippen molar-refractivity contribution < 1.29 is 27.4 Å². The molecule has 2 unspecified atom stereocenters. The minimum Gasteiger partial charge on any atom is -0.482 e. The molecule has 0 aliphatic carbocycles. The lowest BCUT2D eigenvalue weighted by Gasteiger charge is -2.38. The van der Waals surface area contributed by atoms with Crippen molar-refractivity contribution in [2.24, 2.45) is 5.18 Å². The van der Waals surface area contributed by atoms with Gasteiger partial charge in [0.25, 0.3) is 5.91 Å². The Bertz CT molecular complexity index is 1080. The summed E-state index contributed by atoms with van der Waals surface area (Å²) in [6.45, 7) is 2.11. The molecule has 35 heavy (non-hydrogen) atoms. The van der Waals surface area contributed by atoms with Crippen molar-refractivity contribution in [3.63, 3.8) is 0 Å². The van der Waals surface area contributed by atoms with Crippen molar-refractivity contribution in [3.8, 4) is 5.75 Å². The molecule has 1 aromatic rings. The summed E-state index contributed by atoms with van der Waals surface area (Å²) in [5, 5.41) is 11.5. The molecule has 0 saturated carbocycles. The first kappa shape index (κ1) is 25.8. The largest absolute Gasteiger partial charge is 0.482 e. The molecule has 3 rings (SSSR count). The van der Waals surface area contributed by atoms with Crippen LogP contribution in [0.3, 0.4) is 0 Å². The van der Waals surface area contributed by atoms with Gasteiger partial charge in [0.05, 0.1) is 17.1 Å². The number of halogens is 3. The molecular formula is C23H26F3N5O4. The molecule has 1 aromatic carbocycles. The normalized spacial score (nSPS) is 21.3. The second kappa shape index (κ2) is 11.1. The molecular weight excluding hydrogens is 467 g/mol. The summed E-state index contributed by atoms with van der Waals surface area (Å²) in [6.07, 6.45) is 0.463. The van der Waals surface area contributed by atoms with Gasteiger partial charge in [-0.05, 0) is 42.8 Å². The van der Waals surface area contributed by atoms with Gasteiger partial charge in [-0.15, -0.1) is 4.91 Å². The van der Waals surface area contributed by atoms with E-state index in [0.29, 0.717) is 34.8 Å². The molecule has 12 heteroatoms. The quantitative estimate of drug-likeness (QED) is 0.374. The molecule has 9 nitrogen and oxygen atoms in total. The van der Waals surface area contributed by atoms with E-state index < -0.39 is 31.1 Å². The van der Waals surface area contributed by atoms with Crippen LogP contribution in [0.4, 0.5) is 18.9 Å². The lowest BCUT2D eigenvalue weighted by atomic mass is 10.1. The molecule has 2 aliphatic heterocycles. The van der Waals surface area contributed by atoms with Crippen LogP contribution >= 0.6 is 0 Å². The van der Waals surface area contributed by atoms with Gasteiger partial charge in [-0.2, -0.15) is 13.2 Å². The van der Waals surface area contributed by atoms with Gasteiger partial charge in [0.15, 0.2) is 19.0 Å². The van der Waals surface area contributed by atoms with E-state index in [0.717, 1.165) is 0 Å². The number of hydrogen-bond acceptors (Lipinski definition) is 8. The van der Waals surface area contributed by atoms with Crippen LogP contribution in [-0.4, -0.2) is 38.2 Å². The second-order valence-corrected chi connectivity index (χ2v) is 7.68. The first-order chi connectivity index (χ1) is 16.7. The number of methoxy groups -OCH3 is 1. The number of dihydropyridines is 1. The smallest absolute Gasteiger partial charge is 0.422 e. The van der Waals surface area contributed by atoms with Crippen LogP contribution in [-0.2, 0) is 9.53 Å². The Balaban J connectivity index is 1.94. The molecule has 2 aliphatic rings. The van der Waals surface area contributed by atoms with Gasteiger partial charge >= 0.3 is 6.18 Å². The summed E-state index contributed by atoms with van der Waals surface area (Å²) in [7, 11) is 1.43. The number of allylic oxidation sites excluding steroid dienone is 2. The fraction of sp³-hybridized carbons (Fsp3) is 0.348. The van der Waals surface area contributed by atoms with Crippen molar-refractivity contribution >= 4 is 11.6 Å². The van der Waals surface area contributed by atoms with E-state index in [1.165, 1.54) is 25.5 Å². The van der Waals surface area contributed by atoms with E-state index in [9.17, 15) is 22.9 Å². The Morgan fingerprint density at radius 3 is 2.63 bits per heavy atom. The summed E-state index contributed by atoms with van der Waals surface area (Å²) in [5.74, 6) is -0.398. The minimum atomic E-state index is -4.50. The number of anilines is 1. The Kier molecular flexibility index (Phi) is 8.18. The fourth-order valence-corrected chi connectivity index (χ4v) is 3.62. The van der Waals surface area contributed by atoms with Crippen molar-refractivity contribution in [2.45, 2.75) is 38.8 Å². The summed E-state index contributed by atoms with van der Waals surface area (Å²) in [5.41, 5.74) is 2.21. The summed E-state index contributed by atoms with van der Waals surface area (Å²) in [6, 6.07) is 6.28. The highest BCUT2D eigenvalue weighted by atomic mass is 19.4. The van der Waals surface area contributed by atoms with Gasteiger partial charge < -0.3 is 30.3 Å². The highest BCUT2D eigenvalue weighted by Gasteiger charge is 2.33. The third kappa shape index (κ3) is 6.41. The van der Waals surface area contributed by atoms with Gasteiger partial charge in [0.1, 0.15) is 5.75 Å². The SMILES string of the molecule is CC/C(C(=O)NC1=CNC(N=O)C=C1)=C1\NC(C)=CN(c2ccccc2OCC(F)(F)F)C1OC. The number of nitrogens with zero attached hydrogens (tertiary/aromatic N) is 2. The number of carbonyl (C=O) groups excluding carboxylic acids is 1. The number of benzene rings is 1. The number of nitroso groups, excluding NO2 is 1. The Labute approximate surface area is 200 Å². The predicted molar refractivity (Wildman–Crippen MR) is 124 cm³/mol. The van der Waals surface area contributed by atoms with Crippen LogP contribution < -0.4 is 25.6 Å². The summed E-state index contributed by atoms with van der Waals surface area (Å²) >= 11 is 0. The standard InChI is InChI=1S/C23H26F3N5O4/c1-4-16(21(32)29-15-9-10-19(30-33)27-11-15)20-22(34-3)31(12-14(2)28-20)17-7-5-6-8-18(17)35-13-23(24,25)26/h5-12,19,22,27-28H,4,13H2,1-3H3,(H,29,32)/b20-16+. The molecule has 2 heterocycles. The van der Waals surface area contributed by atoms with E-state index in [2.05, 4.69) is 21.1 Å². The fourth-order valence-electron chi connectivity index (χ4n) is 3.62. The Hall–Kier alpha value is -3.80. The average molecular weight is 493 g/mol. The molecule has 0 aromatic heterocycles. The van der Waals surface area contributed by atoms with Gasteiger partial charge in [-0.3, -0.25) is 4.79 Å². The number of alkyl halides is 3. The molecule has 0 fully saturated rings. The molecule has 188 valence electrons. The maximum Gasteiger partial charge on any atom is 0.422 e. The Morgan fingerprint density at radius 1 is 1.29 bits per heavy atom.